The molecule has 2 aromatic heterocycles. The molecule has 3 aromatic rings. The molecule has 0 bridgehead atoms. The second-order valence-electron chi connectivity index (χ2n) is 11.5. The predicted octanol–water partition coefficient (Wildman–Crippen LogP) is 2.05. The Morgan fingerprint density at radius 3 is 2.72 bits per heavy atom. The van der Waals surface area contributed by atoms with E-state index in [0.29, 0.717) is 42.8 Å². The van der Waals surface area contributed by atoms with Gasteiger partial charge in [-0.05, 0) is 49.9 Å². The minimum absolute atomic E-state index is 0.0175. The minimum atomic E-state index is -1.94. The molecule has 3 aliphatic rings. The van der Waals surface area contributed by atoms with Crippen molar-refractivity contribution < 1.29 is 28.6 Å². The highest BCUT2D eigenvalue weighted by molar-refractivity contribution is 5.90. The van der Waals surface area contributed by atoms with Crippen LogP contribution in [0, 0.1) is 5.82 Å². The van der Waals surface area contributed by atoms with Crippen LogP contribution < -0.4 is 21.3 Å². The van der Waals surface area contributed by atoms with E-state index < -0.39 is 17.4 Å². The summed E-state index contributed by atoms with van der Waals surface area (Å²) in [6.07, 6.45) is 2.69. The van der Waals surface area contributed by atoms with Crippen molar-refractivity contribution in [1.29, 1.82) is 0 Å². The van der Waals surface area contributed by atoms with Gasteiger partial charge >= 0.3 is 5.97 Å². The lowest BCUT2D eigenvalue weighted by Gasteiger charge is -2.33. The molecule has 0 aliphatic carbocycles. The molecule has 11 nitrogen and oxygen atoms in total. The number of methoxy groups -OCH3 is 1. The molecule has 1 fully saturated rings. The van der Waals surface area contributed by atoms with Crippen LogP contribution in [0.1, 0.15) is 61.3 Å². The summed E-state index contributed by atoms with van der Waals surface area (Å²) in [5.41, 5.74) is 6.85. The molecule has 0 saturated carbocycles. The smallest absolute Gasteiger partial charge is 0.343 e. The molecule has 5 heterocycles. The summed E-state index contributed by atoms with van der Waals surface area (Å²) in [4.78, 5) is 45.6. The number of pyridine rings is 2. The van der Waals surface area contributed by atoms with Gasteiger partial charge in [0.05, 0.1) is 36.1 Å². The number of amides is 1. The molecule has 6 rings (SSSR count). The number of carbonyl (C=O) groups is 2. The molecular formula is C31H36FN5O6. The fraction of sp³-hybridized carbons (Fsp3) is 0.484. The van der Waals surface area contributed by atoms with E-state index >= 15 is 0 Å². The van der Waals surface area contributed by atoms with Crippen molar-refractivity contribution in [3.05, 3.63) is 56.6 Å². The summed E-state index contributed by atoms with van der Waals surface area (Å²) in [7, 11) is 1.41. The van der Waals surface area contributed by atoms with Gasteiger partial charge in [0, 0.05) is 54.7 Å². The first kappa shape index (κ1) is 29.2. The van der Waals surface area contributed by atoms with Crippen LogP contribution in [-0.2, 0) is 39.6 Å². The maximum absolute atomic E-state index is 14.9. The van der Waals surface area contributed by atoms with Gasteiger partial charge in [-0.1, -0.05) is 6.92 Å². The molecule has 4 N–H and O–H groups in total. The molecule has 43 heavy (non-hydrogen) atoms. The first-order chi connectivity index (χ1) is 20.7. The molecule has 12 heteroatoms. The summed E-state index contributed by atoms with van der Waals surface area (Å²) in [5.74, 6) is -1.22. The van der Waals surface area contributed by atoms with Gasteiger partial charge in [0.25, 0.3) is 5.56 Å². The van der Waals surface area contributed by atoms with E-state index in [1.807, 2.05) is 0 Å². The van der Waals surface area contributed by atoms with Crippen LogP contribution in [-0.4, -0.2) is 64.2 Å². The van der Waals surface area contributed by atoms with Crippen LogP contribution in [0.25, 0.3) is 22.3 Å². The lowest BCUT2D eigenvalue weighted by Crippen LogP contribution is -2.44. The molecule has 0 unspecified atom stereocenters. The van der Waals surface area contributed by atoms with Gasteiger partial charge in [0.15, 0.2) is 17.2 Å². The first-order valence-corrected chi connectivity index (χ1v) is 14.8. The molecule has 0 radical (unpaired) electrons. The number of carbonyl (C=O) groups excluding carboxylic acids is 2. The highest BCUT2D eigenvalue weighted by atomic mass is 19.1. The van der Waals surface area contributed by atoms with Gasteiger partial charge in [-0.2, -0.15) is 0 Å². The summed E-state index contributed by atoms with van der Waals surface area (Å²) < 4.78 is 27.0. The average Bonchev–Trinajstić information content (AvgIpc) is 3.37. The molecule has 1 aromatic carbocycles. The number of rotatable bonds is 8. The number of ether oxygens (including phenoxy) is 2. The van der Waals surface area contributed by atoms with E-state index in [0.717, 1.165) is 42.4 Å². The fourth-order valence-corrected chi connectivity index (χ4v) is 6.52. The largest absolute Gasteiger partial charge is 0.494 e. The third-order valence-electron chi connectivity index (χ3n) is 9.02. The van der Waals surface area contributed by atoms with Gasteiger partial charge in [0.2, 0.25) is 5.91 Å². The van der Waals surface area contributed by atoms with E-state index in [1.165, 1.54) is 13.2 Å². The van der Waals surface area contributed by atoms with Gasteiger partial charge < -0.3 is 30.2 Å². The van der Waals surface area contributed by atoms with Crippen molar-refractivity contribution in [2.75, 3.05) is 26.7 Å². The SMILES string of the molecule is CC[C@@]1(O)C(=O)OCc2c1cc1n(c2=O)Cc2c-1nc1cc(F)c(OC)cc1c2CN1CCC(NC(=O)CCCN)CC1. The topological polar surface area (TPSA) is 149 Å². The third-order valence-corrected chi connectivity index (χ3v) is 9.02. The Morgan fingerprint density at radius 2 is 2.02 bits per heavy atom. The van der Waals surface area contributed by atoms with Gasteiger partial charge in [-0.15, -0.1) is 0 Å². The number of piperidine rings is 1. The number of hydrogen-bond donors (Lipinski definition) is 3. The van der Waals surface area contributed by atoms with Crippen LogP contribution >= 0.6 is 0 Å². The number of hydrogen-bond acceptors (Lipinski definition) is 9. The molecular weight excluding hydrogens is 557 g/mol. The Kier molecular flexibility index (Phi) is 7.69. The number of benzene rings is 1. The van der Waals surface area contributed by atoms with Gasteiger partial charge in [0.1, 0.15) is 6.61 Å². The van der Waals surface area contributed by atoms with E-state index in [-0.39, 0.29) is 54.0 Å². The Bertz CT molecular complexity index is 1680. The number of fused-ring (bicyclic) bond motifs is 5. The van der Waals surface area contributed by atoms with Crippen LogP contribution in [0.3, 0.4) is 0 Å². The van der Waals surface area contributed by atoms with Crippen molar-refractivity contribution >= 4 is 22.8 Å². The summed E-state index contributed by atoms with van der Waals surface area (Å²) in [5, 5.41) is 15.0. The minimum Gasteiger partial charge on any atom is -0.494 e. The second kappa shape index (κ2) is 11.3. The standard InChI is InChI=1S/C31H36FN5O6/c1-3-31(41)22-12-25-28-20(15-37(25)29(39)21(22)16-43-30(31)40)19(18-11-26(42-2)23(32)13-24(18)35-28)14-36-9-6-17(7-10-36)34-27(38)5-4-8-33/h11-13,17,41H,3-10,14-16,33H2,1-2H3,(H,34,38)/t31-/m0/s1. The number of cyclic esters (lactones) is 1. The van der Waals surface area contributed by atoms with Crippen LogP contribution in [0.15, 0.2) is 23.0 Å². The molecule has 1 atom stereocenters. The van der Waals surface area contributed by atoms with Gasteiger partial charge in [-0.25, -0.2) is 14.2 Å². The van der Waals surface area contributed by atoms with E-state index in [1.54, 1.807) is 23.6 Å². The molecule has 0 spiro atoms. The zero-order valence-corrected chi connectivity index (χ0v) is 24.4. The quantitative estimate of drug-likeness (QED) is 0.261. The highest BCUT2D eigenvalue weighted by Crippen LogP contribution is 2.41. The van der Waals surface area contributed by atoms with E-state index in [9.17, 15) is 23.9 Å². The molecule has 1 saturated heterocycles. The maximum atomic E-state index is 14.9. The van der Waals surface area contributed by atoms with Crippen molar-refractivity contribution in [2.24, 2.45) is 5.73 Å². The monoisotopic (exact) mass is 593 g/mol. The number of aromatic nitrogens is 2. The third kappa shape index (κ3) is 4.96. The lowest BCUT2D eigenvalue weighted by molar-refractivity contribution is -0.172. The van der Waals surface area contributed by atoms with Gasteiger partial charge in [-0.3, -0.25) is 14.5 Å². The van der Waals surface area contributed by atoms with Crippen molar-refractivity contribution in [2.45, 2.75) is 70.4 Å². The Labute approximate surface area is 247 Å². The fourth-order valence-electron chi connectivity index (χ4n) is 6.52. The molecule has 3 aliphatic heterocycles. The maximum Gasteiger partial charge on any atom is 0.343 e. The Hall–Kier alpha value is -3.87. The molecule has 228 valence electrons. The number of likely N-dealkylation sites (tertiary alicyclic amines) is 1. The number of nitrogens with zero attached hydrogens (tertiary/aromatic N) is 3. The summed E-state index contributed by atoms with van der Waals surface area (Å²) in [6, 6.07) is 4.73. The normalized spacial score (nSPS) is 20.0. The van der Waals surface area contributed by atoms with E-state index in [4.69, 9.17) is 20.2 Å². The van der Waals surface area contributed by atoms with Crippen molar-refractivity contribution in [3.63, 3.8) is 0 Å². The van der Waals surface area contributed by atoms with Crippen LogP contribution in [0.2, 0.25) is 0 Å². The predicted molar refractivity (Wildman–Crippen MR) is 156 cm³/mol. The lowest BCUT2D eigenvalue weighted by atomic mass is 9.86. The Morgan fingerprint density at radius 1 is 1.26 bits per heavy atom. The van der Waals surface area contributed by atoms with Crippen molar-refractivity contribution in [3.8, 4) is 17.1 Å². The number of esters is 1. The number of nitrogens with one attached hydrogen (secondary N) is 1. The van der Waals surface area contributed by atoms with Crippen LogP contribution in [0.5, 0.6) is 5.75 Å². The number of nitrogens with two attached hydrogens (primary N) is 1. The first-order valence-electron chi connectivity index (χ1n) is 14.8. The number of halogens is 1. The number of aliphatic hydroxyl groups is 1. The zero-order chi connectivity index (χ0) is 30.5. The van der Waals surface area contributed by atoms with Crippen molar-refractivity contribution in [1.82, 2.24) is 19.8 Å². The summed E-state index contributed by atoms with van der Waals surface area (Å²) >= 11 is 0. The highest BCUT2D eigenvalue weighted by Gasteiger charge is 2.45. The van der Waals surface area contributed by atoms with Crippen LogP contribution in [0.4, 0.5) is 4.39 Å². The average molecular weight is 594 g/mol. The second-order valence-corrected chi connectivity index (χ2v) is 11.5. The summed E-state index contributed by atoms with van der Waals surface area (Å²) in [6.45, 7) is 4.16. The Balaban J connectivity index is 1.39. The molecule has 1 amide bonds. The van der Waals surface area contributed by atoms with E-state index in [2.05, 4.69) is 10.2 Å². The zero-order valence-electron chi connectivity index (χ0n) is 24.4.